The van der Waals surface area contributed by atoms with E-state index in [0.29, 0.717) is 37.0 Å². The molecule has 1 amide bonds. The van der Waals surface area contributed by atoms with Gasteiger partial charge in [-0.25, -0.2) is 4.68 Å². The Balaban J connectivity index is 1.76. The first-order chi connectivity index (χ1) is 12.1. The van der Waals surface area contributed by atoms with Crippen LogP contribution in [0.15, 0.2) is 36.5 Å². The summed E-state index contributed by atoms with van der Waals surface area (Å²) in [5.41, 5.74) is 0.852. The fraction of sp³-hybridized carbons (Fsp3) is 0.412. The number of hydrogen-bond acceptors (Lipinski definition) is 5. The summed E-state index contributed by atoms with van der Waals surface area (Å²) in [6.45, 7) is 4.62. The minimum atomic E-state index is -0.457. The van der Waals surface area contributed by atoms with Gasteiger partial charge in [0.1, 0.15) is 0 Å². The van der Waals surface area contributed by atoms with Gasteiger partial charge in [0, 0.05) is 43.9 Å². The third-order valence-corrected chi connectivity index (χ3v) is 4.28. The second-order valence-corrected chi connectivity index (χ2v) is 6.00. The Morgan fingerprint density at radius 3 is 3.00 bits per heavy atom. The van der Waals surface area contributed by atoms with Crippen LogP contribution >= 0.6 is 0 Å². The van der Waals surface area contributed by atoms with Crippen LogP contribution in [0.5, 0.6) is 0 Å². The highest BCUT2D eigenvalue weighted by molar-refractivity contribution is 5.92. The van der Waals surface area contributed by atoms with Crippen LogP contribution in [0.4, 0.5) is 5.69 Å². The van der Waals surface area contributed by atoms with E-state index < -0.39 is 4.92 Å². The number of hydrogen-bond donors (Lipinski definition) is 0. The number of rotatable bonds is 6. The predicted octanol–water partition coefficient (Wildman–Crippen LogP) is 2.28. The summed E-state index contributed by atoms with van der Waals surface area (Å²) in [6, 6.07) is 7.78. The van der Waals surface area contributed by atoms with Gasteiger partial charge in [0.2, 0.25) is 0 Å². The molecule has 0 radical (unpaired) electrons. The fourth-order valence-electron chi connectivity index (χ4n) is 2.89. The Morgan fingerprint density at radius 2 is 2.32 bits per heavy atom. The first-order valence-electron chi connectivity index (χ1n) is 8.26. The molecule has 0 spiro atoms. The molecule has 1 saturated heterocycles. The molecule has 1 unspecified atom stereocenters. The number of carbonyl (C=O) groups excluding carboxylic acids is 1. The second kappa shape index (κ2) is 7.43. The summed E-state index contributed by atoms with van der Waals surface area (Å²) in [4.78, 5) is 24.9. The lowest BCUT2D eigenvalue weighted by Crippen LogP contribution is -2.35. The maximum Gasteiger partial charge on any atom is 0.274 e. The zero-order valence-corrected chi connectivity index (χ0v) is 14.0. The monoisotopic (exact) mass is 344 g/mol. The van der Waals surface area contributed by atoms with Crippen molar-refractivity contribution in [2.45, 2.75) is 13.3 Å². The molecule has 0 N–H and O–H groups in total. The van der Waals surface area contributed by atoms with Crippen molar-refractivity contribution in [3.05, 3.63) is 52.3 Å². The molecule has 1 aromatic heterocycles. The van der Waals surface area contributed by atoms with E-state index in [-0.39, 0.29) is 11.6 Å². The second-order valence-electron chi connectivity index (χ2n) is 6.00. The molecular formula is C17H20N4O4. The summed E-state index contributed by atoms with van der Waals surface area (Å²) < 4.78 is 6.85. The van der Waals surface area contributed by atoms with Crippen LogP contribution in [-0.4, -0.2) is 51.8 Å². The Morgan fingerprint density at radius 1 is 1.48 bits per heavy atom. The van der Waals surface area contributed by atoms with E-state index >= 15 is 0 Å². The van der Waals surface area contributed by atoms with Gasteiger partial charge in [-0.1, -0.05) is 6.07 Å². The standard InChI is InChI=1S/C17H20N4O4/c1-2-19(11-13-7-9-25-12-13)17(22)16-6-8-20(18-16)14-4-3-5-15(10-14)21(23)24/h3-6,8,10,13H,2,7,9,11-12H2,1H3. The minimum absolute atomic E-state index is 0.0164. The summed E-state index contributed by atoms with van der Waals surface area (Å²) >= 11 is 0. The molecule has 0 saturated carbocycles. The first kappa shape index (κ1) is 17.1. The van der Waals surface area contributed by atoms with E-state index in [0.717, 1.165) is 13.0 Å². The van der Waals surface area contributed by atoms with Crippen molar-refractivity contribution in [2.75, 3.05) is 26.3 Å². The quantitative estimate of drug-likeness (QED) is 0.592. The molecule has 132 valence electrons. The summed E-state index contributed by atoms with van der Waals surface area (Å²) in [5, 5.41) is 15.2. The van der Waals surface area contributed by atoms with Crippen molar-refractivity contribution < 1.29 is 14.5 Å². The van der Waals surface area contributed by atoms with Crippen molar-refractivity contribution in [3.63, 3.8) is 0 Å². The fourth-order valence-corrected chi connectivity index (χ4v) is 2.89. The van der Waals surface area contributed by atoms with Gasteiger partial charge in [-0.2, -0.15) is 5.10 Å². The van der Waals surface area contributed by atoms with Crippen molar-refractivity contribution >= 4 is 11.6 Å². The highest BCUT2D eigenvalue weighted by Gasteiger charge is 2.23. The summed E-state index contributed by atoms with van der Waals surface area (Å²) in [6.07, 6.45) is 2.60. The highest BCUT2D eigenvalue weighted by Crippen LogP contribution is 2.18. The molecule has 1 atom stereocenters. The average Bonchev–Trinajstić information content (AvgIpc) is 3.31. The number of nitro groups is 1. The number of nitrogens with zero attached hydrogens (tertiary/aromatic N) is 4. The van der Waals surface area contributed by atoms with E-state index in [1.807, 2.05) is 6.92 Å². The zero-order chi connectivity index (χ0) is 17.8. The molecule has 2 aromatic rings. The number of benzene rings is 1. The van der Waals surface area contributed by atoms with Crippen LogP contribution < -0.4 is 0 Å². The van der Waals surface area contributed by atoms with E-state index in [4.69, 9.17) is 4.74 Å². The molecule has 8 nitrogen and oxygen atoms in total. The third kappa shape index (κ3) is 3.85. The molecule has 2 heterocycles. The molecule has 1 fully saturated rings. The molecule has 0 bridgehead atoms. The Kier molecular flexibility index (Phi) is 5.08. The maximum absolute atomic E-state index is 12.7. The van der Waals surface area contributed by atoms with Gasteiger partial charge in [-0.05, 0) is 25.5 Å². The van der Waals surface area contributed by atoms with E-state index in [2.05, 4.69) is 5.10 Å². The Bertz CT molecular complexity index is 768. The molecule has 1 aliphatic heterocycles. The van der Waals surface area contributed by atoms with Crippen LogP contribution in [0.1, 0.15) is 23.8 Å². The SMILES string of the molecule is CCN(CC1CCOC1)C(=O)c1ccn(-c2cccc([N+](=O)[O-])c2)n1. The number of amides is 1. The van der Waals surface area contributed by atoms with E-state index in [1.165, 1.54) is 16.8 Å². The molecule has 1 aliphatic rings. The number of carbonyl (C=O) groups is 1. The molecule has 25 heavy (non-hydrogen) atoms. The number of nitro benzene ring substituents is 1. The summed E-state index contributed by atoms with van der Waals surface area (Å²) in [5.74, 6) is 0.223. The molecule has 3 rings (SSSR count). The molecular weight excluding hydrogens is 324 g/mol. The van der Waals surface area contributed by atoms with Gasteiger partial charge in [0.15, 0.2) is 5.69 Å². The van der Waals surface area contributed by atoms with E-state index in [9.17, 15) is 14.9 Å². The molecule has 0 aliphatic carbocycles. The number of aromatic nitrogens is 2. The van der Waals surface area contributed by atoms with Gasteiger partial charge >= 0.3 is 0 Å². The highest BCUT2D eigenvalue weighted by atomic mass is 16.6. The third-order valence-electron chi connectivity index (χ3n) is 4.28. The van der Waals surface area contributed by atoms with E-state index in [1.54, 1.807) is 29.3 Å². The van der Waals surface area contributed by atoms with Crippen molar-refractivity contribution in [1.29, 1.82) is 0 Å². The van der Waals surface area contributed by atoms with Gasteiger partial charge in [-0.15, -0.1) is 0 Å². The lowest BCUT2D eigenvalue weighted by atomic mass is 10.1. The van der Waals surface area contributed by atoms with Crippen molar-refractivity contribution in [1.82, 2.24) is 14.7 Å². The Hall–Kier alpha value is -2.74. The zero-order valence-electron chi connectivity index (χ0n) is 14.0. The van der Waals surface area contributed by atoms with Crippen LogP contribution in [0.25, 0.3) is 5.69 Å². The normalized spacial score (nSPS) is 16.8. The van der Waals surface area contributed by atoms with Gasteiger partial charge in [0.05, 0.1) is 17.2 Å². The molecule has 1 aromatic carbocycles. The number of ether oxygens (including phenoxy) is 1. The van der Waals surface area contributed by atoms with Crippen molar-refractivity contribution in [2.24, 2.45) is 5.92 Å². The smallest absolute Gasteiger partial charge is 0.274 e. The average molecular weight is 344 g/mol. The van der Waals surface area contributed by atoms with Crippen LogP contribution in [0, 0.1) is 16.0 Å². The maximum atomic E-state index is 12.7. The summed E-state index contributed by atoms with van der Waals surface area (Å²) in [7, 11) is 0. The minimum Gasteiger partial charge on any atom is -0.381 e. The molecule has 8 heteroatoms. The first-order valence-corrected chi connectivity index (χ1v) is 8.26. The lowest BCUT2D eigenvalue weighted by Gasteiger charge is -2.22. The van der Waals surface area contributed by atoms with Crippen LogP contribution in [-0.2, 0) is 4.74 Å². The largest absolute Gasteiger partial charge is 0.381 e. The Labute approximate surface area is 145 Å². The number of non-ortho nitro benzene ring substituents is 1. The van der Waals surface area contributed by atoms with Gasteiger partial charge in [-0.3, -0.25) is 14.9 Å². The predicted molar refractivity (Wildman–Crippen MR) is 90.7 cm³/mol. The van der Waals surface area contributed by atoms with Crippen LogP contribution in [0.2, 0.25) is 0 Å². The van der Waals surface area contributed by atoms with Gasteiger partial charge in [0.25, 0.3) is 11.6 Å². The van der Waals surface area contributed by atoms with Crippen molar-refractivity contribution in [3.8, 4) is 5.69 Å². The topological polar surface area (TPSA) is 90.5 Å². The van der Waals surface area contributed by atoms with Crippen LogP contribution in [0.3, 0.4) is 0 Å². The lowest BCUT2D eigenvalue weighted by molar-refractivity contribution is -0.384. The van der Waals surface area contributed by atoms with Gasteiger partial charge < -0.3 is 9.64 Å².